The van der Waals surface area contributed by atoms with Crippen LogP contribution in [0.15, 0.2) is 6.33 Å². The molecule has 0 radical (unpaired) electrons. The maximum atomic E-state index is 11.7. The zero-order valence-electron chi connectivity index (χ0n) is 9.46. The normalized spacial score (nSPS) is 11.5. The molecule has 0 aliphatic carbocycles. The van der Waals surface area contributed by atoms with Crippen molar-refractivity contribution in [3.8, 4) is 0 Å². The Bertz CT molecular complexity index is 353. The first-order valence-corrected chi connectivity index (χ1v) is 5.23. The Morgan fingerprint density at radius 2 is 2.28 bits per heavy atom. The average molecular weight is 266 g/mol. The summed E-state index contributed by atoms with van der Waals surface area (Å²) >= 11 is 0. The van der Waals surface area contributed by atoms with E-state index in [1.807, 2.05) is 0 Å². The summed E-state index contributed by atoms with van der Waals surface area (Å²) in [5.74, 6) is 0.120. The molecule has 1 heterocycles. The number of amides is 1. The fourth-order valence-corrected chi connectivity index (χ4v) is 1.15. The number of carbonyl (C=O) groups excluding carboxylic acids is 1. The molecule has 0 fully saturated rings. The number of nitrogens with one attached hydrogen (secondary N) is 2. The van der Waals surface area contributed by atoms with Crippen LogP contribution in [0.1, 0.15) is 12.2 Å². The lowest BCUT2D eigenvalue weighted by molar-refractivity contribution is -0.175. The molecule has 1 rings (SSSR count). The van der Waals surface area contributed by atoms with Gasteiger partial charge in [-0.25, -0.2) is 4.98 Å². The van der Waals surface area contributed by atoms with Crippen molar-refractivity contribution in [2.24, 2.45) is 0 Å². The van der Waals surface area contributed by atoms with Gasteiger partial charge in [-0.15, -0.1) is 0 Å². The van der Waals surface area contributed by atoms with E-state index in [0.29, 0.717) is 25.2 Å². The smallest absolute Gasteiger partial charge is 0.362 e. The molecular weight excluding hydrogens is 253 g/mol. The summed E-state index contributed by atoms with van der Waals surface area (Å²) in [7, 11) is 0. The Morgan fingerprint density at radius 3 is 2.89 bits per heavy atom. The van der Waals surface area contributed by atoms with E-state index in [1.54, 1.807) is 0 Å². The van der Waals surface area contributed by atoms with Gasteiger partial charge >= 0.3 is 6.18 Å². The minimum Gasteiger partial charge on any atom is -0.362 e. The summed E-state index contributed by atoms with van der Waals surface area (Å²) in [6, 6.07) is 0. The Labute approximate surface area is 101 Å². The Balaban J connectivity index is 2.00. The molecule has 102 valence electrons. The summed E-state index contributed by atoms with van der Waals surface area (Å²) in [6.07, 6.45) is -1.82. The van der Waals surface area contributed by atoms with Gasteiger partial charge in [0.05, 0.1) is 0 Å². The Morgan fingerprint density at radius 1 is 1.50 bits per heavy atom. The third-order valence-electron chi connectivity index (χ3n) is 1.88. The van der Waals surface area contributed by atoms with Gasteiger partial charge < -0.3 is 10.1 Å². The first-order valence-electron chi connectivity index (χ1n) is 5.23. The van der Waals surface area contributed by atoms with Gasteiger partial charge in [0.2, 0.25) is 5.91 Å². The molecule has 0 unspecified atom stereocenters. The second-order valence-corrected chi connectivity index (χ2v) is 3.49. The van der Waals surface area contributed by atoms with Gasteiger partial charge in [-0.2, -0.15) is 18.3 Å². The van der Waals surface area contributed by atoms with Crippen molar-refractivity contribution in [2.45, 2.75) is 19.0 Å². The summed E-state index contributed by atoms with van der Waals surface area (Å²) in [4.78, 5) is 14.9. The SMILES string of the molecule is O=C(COCC(F)(F)F)NCCCc1ncn[nH]1. The monoisotopic (exact) mass is 266 g/mol. The average Bonchev–Trinajstić information content (AvgIpc) is 2.75. The van der Waals surface area contributed by atoms with Crippen LogP contribution in [0.25, 0.3) is 0 Å². The molecule has 6 nitrogen and oxygen atoms in total. The van der Waals surface area contributed by atoms with Crippen molar-refractivity contribution in [3.63, 3.8) is 0 Å². The molecule has 0 atom stereocenters. The number of ether oxygens (including phenoxy) is 1. The number of hydrogen-bond donors (Lipinski definition) is 2. The van der Waals surface area contributed by atoms with E-state index in [1.165, 1.54) is 6.33 Å². The number of hydrogen-bond acceptors (Lipinski definition) is 4. The molecule has 0 aliphatic rings. The lowest BCUT2D eigenvalue weighted by Crippen LogP contribution is -2.30. The molecule has 1 aromatic heterocycles. The van der Waals surface area contributed by atoms with Crippen molar-refractivity contribution in [1.29, 1.82) is 0 Å². The molecule has 1 aromatic rings. The molecular formula is C9H13F3N4O2. The topological polar surface area (TPSA) is 79.9 Å². The highest BCUT2D eigenvalue weighted by Gasteiger charge is 2.27. The minimum atomic E-state index is -4.41. The molecule has 0 aliphatic heterocycles. The molecule has 0 saturated heterocycles. The summed E-state index contributed by atoms with van der Waals surface area (Å²) < 4.78 is 39.3. The molecule has 2 N–H and O–H groups in total. The first-order chi connectivity index (χ1) is 8.47. The molecule has 18 heavy (non-hydrogen) atoms. The highest BCUT2D eigenvalue weighted by atomic mass is 19.4. The first kappa shape index (κ1) is 14.4. The number of H-pyrrole nitrogens is 1. The fraction of sp³-hybridized carbons (Fsp3) is 0.667. The maximum Gasteiger partial charge on any atom is 0.411 e. The number of alkyl halides is 3. The predicted molar refractivity (Wildman–Crippen MR) is 54.6 cm³/mol. The van der Waals surface area contributed by atoms with Gasteiger partial charge in [0.1, 0.15) is 25.4 Å². The fourth-order valence-electron chi connectivity index (χ4n) is 1.15. The van der Waals surface area contributed by atoms with Crippen LogP contribution in [-0.2, 0) is 16.0 Å². The van der Waals surface area contributed by atoms with E-state index in [4.69, 9.17) is 0 Å². The van der Waals surface area contributed by atoms with Crippen LogP contribution in [0.4, 0.5) is 13.2 Å². The lowest BCUT2D eigenvalue weighted by atomic mass is 10.3. The van der Waals surface area contributed by atoms with E-state index in [-0.39, 0.29) is 0 Å². The standard InChI is InChI=1S/C9H13F3N4O2/c10-9(11,12)5-18-4-8(17)13-3-1-2-7-14-6-15-16-7/h6H,1-5H2,(H,13,17)(H,14,15,16). The van der Waals surface area contributed by atoms with Crippen LogP contribution in [0, 0.1) is 0 Å². The minimum absolute atomic E-state index is 0.342. The van der Waals surface area contributed by atoms with Crippen molar-refractivity contribution in [3.05, 3.63) is 12.2 Å². The van der Waals surface area contributed by atoms with Gasteiger partial charge in [-0.05, 0) is 6.42 Å². The number of aromatic nitrogens is 3. The van der Waals surface area contributed by atoms with Crippen LogP contribution in [0.2, 0.25) is 0 Å². The second-order valence-electron chi connectivity index (χ2n) is 3.49. The van der Waals surface area contributed by atoms with Crippen LogP contribution >= 0.6 is 0 Å². The quantitative estimate of drug-likeness (QED) is 0.701. The Hall–Kier alpha value is -1.64. The van der Waals surface area contributed by atoms with Crippen LogP contribution in [0.3, 0.4) is 0 Å². The highest BCUT2D eigenvalue weighted by molar-refractivity contribution is 5.77. The molecule has 0 spiro atoms. The molecule has 1 amide bonds. The van der Waals surface area contributed by atoms with Gasteiger partial charge in [-0.1, -0.05) is 0 Å². The molecule has 0 aromatic carbocycles. The summed E-state index contributed by atoms with van der Waals surface area (Å²) in [5, 5.41) is 8.74. The van der Waals surface area contributed by atoms with Crippen molar-refractivity contribution in [2.75, 3.05) is 19.8 Å². The number of aromatic amines is 1. The van der Waals surface area contributed by atoms with Crippen molar-refractivity contribution >= 4 is 5.91 Å². The number of carbonyl (C=O) groups is 1. The van der Waals surface area contributed by atoms with E-state index < -0.39 is 25.3 Å². The van der Waals surface area contributed by atoms with Crippen LogP contribution in [0.5, 0.6) is 0 Å². The number of aryl methyl sites for hydroxylation is 1. The number of nitrogens with zero attached hydrogens (tertiary/aromatic N) is 2. The van der Waals surface area contributed by atoms with Gasteiger partial charge in [0.15, 0.2) is 0 Å². The van der Waals surface area contributed by atoms with Crippen molar-refractivity contribution in [1.82, 2.24) is 20.5 Å². The number of rotatable bonds is 7. The summed E-state index contributed by atoms with van der Waals surface area (Å²) in [5.41, 5.74) is 0. The predicted octanol–water partition coefficient (Wildman–Crippen LogP) is 0.432. The third kappa shape index (κ3) is 6.84. The zero-order chi connectivity index (χ0) is 13.4. The van der Waals surface area contributed by atoms with E-state index in [9.17, 15) is 18.0 Å². The largest absolute Gasteiger partial charge is 0.411 e. The number of halogens is 3. The molecule has 9 heteroatoms. The van der Waals surface area contributed by atoms with Gasteiger partial charge in [0.25, 0.3) is 0 Å². The van der Waals surface area contributed by atoms with Gasteiger partial charge in [-0.3, -0.25) is 9.89 Å². The van der Waals surface area contributed by atoms with E-state index in [2.05, 4.69) is 25.2 Å². The highest BCUT2D eigenvalue weighted by Crippen LogP contribution is 2.13. The summed E-state index contributed by atoms with van der Waals surface area (Å²) in [6.45, 7) is -1.67. The second kappa shape index (κ2) is 6.94. The van der Waals surface area contributed by atoms with E-state index in [0.717, 1.165) is 0 Å². The Kier molecular flexibility index (Phi) is 5.56. The van der Waals surface area contributed by atoms with Crippen molar-refractivity contribution < 1.29 is 22.7 Å². The lowest BCUT2D eigenvalue weighted by Gasteiger charge is -2.07. The molecule has 0 saturated carbocycles. The van der Waals surface area contributed by atoms with E-state index >= 15 is 0 Å². The van der Waals surface area contributed by atoms with Crippen LogP contribution < -0.4 is 5.32 Å². The van der Waals surface area contributed by atoms with Gasteiger partial charge in [0, 0.05) is 13.0 Å². The zero-order valence-corrected chi connectivity index (χ0v) is 9.46. The maximum absolute atomic E-state index is 11.7. The third-order valence-corrected chi connectivity index (χ3v) is 1.88. The van der Waals surface area contributed by atoms with Crippen LogP contribution in [-0.4, -0.2) is 47.0 Å². The molecule has 0 bridgehead atoms.